The number of hydrazone groups is 1. The number of benzene rings is 2. The summed E-state index contributed by atoms with van der Waals surface area (Å²) in [6, 6.07) is 13.7. The Balaban J connectivity index is 1.84. The van der Waals surface area contributed by atoms with Crippen LogP contribution in [0.5, 0.6) is 5.75 Å². The average molecular weight is 325 g/mol. The van der Waals surface area contributed by atoms with Gasteiger partial charge in [-0.1, -0.05) is 30.3 Å². The molecule has 1 amide bonds. The molecule has 0 spiro atoms. The normalized spacial score (nSPS) is 10.7. The number of nitrogens with zero attached hydrogens (tertiary/aromatic N) is 2. The number of anilines is 1. The van der Waals surface area contributed by atoms with Crippen molar-refractivity contribution in [3.8, 4) is 5.75 Å². The maximum Gasteiger partial charge on any atom is 0.277 e. The number of hydrogen-bond acceptors (Lipinski definition) is 4. The quantitative estimate of drug-likeness (QED) is 0.656. The highest BCUT2D eigenvalue weighted by Gasteiger charge is 2.06. The predicted octanol–water partition coefficient (Wildman–Crippen LogP) is 2.90. The first-order valence-electron chi connectivity index (χ1n) is 7.75. The van der Waals surface area contributed by atoms with Crippen LogP contribution in [-0.2, 0) is 4.79 Å². The van der Waals surface area contributed by atoms with E-state index in [4.69, 9.17) is 4.74 Å². The van der Waals surface area contributed by atoms with E-state index in [1.807, 2.05) is 75.3 Å². The first kappa shape index (κ1) is 17.5. The van der Waals surface area contributed by atoms with Gasteiger partial charge in [-0.3, -0.25) is 4.79 Å². The summed E-state index contributed by atoms with van der Waals surface area (Å²) < 4.78 is 5.58. The van der Waals surface area contributed by atoms with E-state index in [-0.39, 0.29) is 12.5 Å². The topological polar surface area (TPSA) is 53.9 Å². The third-order valence-corrected chi connectivity index (χ3v) is 3.57. The zero-order valence-corrected chi connectivity index (χ0v) is 14.5. The van der Waals surface area contributed by atoms with Crippen molar-refractivity contribution in [2.24, 2.45) is 5.10 Å². The summed E-state index contributed by atoms with van der Waals surface area (Å²) in [5, 5.41) is 3.96. The molecule has 1 N–H and O–H groups in total. The minimum atomic E-state index is -0.293. The van der Waals surface area contributed by atoms with Crippen LogP contribution in [0.3, 0.4) is 0 Å². The van der Waals surface area contributed by atoms with E-state index in [1.165, 1.54) is 0 Å². The Morgan fingerprint density at radius 2 is 1.75 bits per heavy atom. The number of nitrogens with one attached hydrogen (secondary N) is 1. The summed E-state index contributed by atoms with van der Waals surface area (Å²) >= 11 is 0. The molecule has 5 nitrogen and oxygen atoms in total. The Kier molecular flexibility index (Phi) is 5.95. The van der Waals surface area contributed by atoms with Gasteiger partial charge in [-0.05, 0) is 42.7 Å². The van der Waals surface area contributed by atoms with Gasteiger partial charge in [0.1, 0.15) is 5.75 Å². The second-order valence-corrected chi connectivity index (χ2v) is 5.79. The van der Waals surface area contributed by atoms with Gasteiger partial charge in [-0.15, -0.1) is 0 Å². The summed E-state index contributed by atoms with van der Waals surface area (Å²) in [4.78, 5) is 13.8. The Morgan fingerprint density at radius 1 is 1.12 bits per heavy atom. The molecule has 0 heterocycles. The van der Waals surface area contributed by atoms with Gasteiger partial charge in [0, 0.05) is 19.8 Å². The fourth-order valence-corrected chi connectivity index (χ4v) is 2.23. The maximum atomic E-state index is 11.8. The van der Waals surface area contributed by atoms with Crippen LogP contribution in [-0.4, -0.2) is 32.8 Å². The lowest BCUT2D eigenvalue weighted by molar-refractivity contribution is -0.123. The van der Waals surface area contributed by atoms with Crippen molar-refractivity contribution in [2.45, 2.75) is 13.8 Å². The monoisotopic (exact) mass is 325 g/mol. The molecule has 0 saturated heterocycles. The Morgan fingerprint density at radius 3 is 2.33 bits per heavy atom. The highest BCUT2D eigenvalue weighted by atomic mass is 16.5. The van der Waals surface area contributed by atoms with E-state index in [0.29, 0.717) is 0 Å². The van der Waals surface area contributed by atoms with Crippen LogP contribution >= 0.6 is 0 Å². The fourth-order valence-electron chi connectivity index (χ4n) is 2.23. The van der Waals surface area contributed by atoms with Gasteiger partial charge < -0.3 is 9.64 Å². The van der Waals surface area contributed by atoms with Gasteiger partial charge in [-0.2, -0.15) is 5.10 Å². The Hall–Kier alpha value is -2.82. The molecule has 0 aliphatic heterocycles. The summed E-state index contributed by atoms with van der Waals surface area (Å²) in [5.74, 6) is 0.453. The molecule has 0 unspecified atom stereocenters. The van der Waals surface area contributed by atoms with E-state index in [2.05, 4.69) is 10.5 Å². The van der Waals surface area contributed by atoms with Gasteiger partial charge in [-0.25, -0.2) is 5.43 Å². The van der Waals surface area contributed by atoms with E-state index in [9.17, 15) is 4.79 Å². The van der Waals surface area contributed by atoms with Crippen LogP contribution in [0, 0.1) is 13.8 Å². The molecule has 24 heavy (non-hydrogen) atoms. The molecule has 2 rings (SSSR count). The molecule has 0 atom stereocenters. The molecular weight excluding hydrogens is 302 g/mol. The van der Waals surface area contributed by atoms with Gasteiger partial charge in [0.15, 0.2) is 6.61 Å². The molecular formula is C19H23N3O2. The number of aryl methyl sites for hydroxylation is 2. The highest BCUT2D eigenvalue weighted by Crippen LogP contribution is 2.21. The van der Waals surface area contributed by atoms with E-state index in [0.717, 1.165) is 28.1 Å². The summed E-state index contributed by atoms with van der Waals surface area (Å²) in [6.45, 7) is 3.84. The summed E-state index contributed by atoms with van der Waals surface area (Å²) in [6.07, 6.45) is 1.61. The first-order valence-corrected chi connectivity index (χ1v) is 7.75. The molecule has 0 bridgehead atoms. The molecule has 0 aliphatic rings. The number of para-hydroxylation sites is 1. The van der Waals surface area contributed by atoms with Gasteiger partial charge in [0.05, 0.1) is 6.21 Å². The minimum Gasteiger partial charge on any atom is -0.483 e. The van der Waals surface area contributed by atoms with Gasteiger partial charge >= 0.3 is 0 Å². The minimum absolute atomic E-state index is 0.0669. The number of carbonyl (C=O) groups is 1. The number of carbonyl (C=O) groups excluding carboxylic acids is 1. The number of amides is 1. The van der Waals surface area contributed by atoms with Crippen molar-refractivity contribution in [3.05, 3.63) is 59.2 Å². The smallest absolute Gasteiger partial charge is 0.277 e. The lowest BCUT2D eigenvalue weighted by Gasteiger charge is -2.11. The standard InChI is InChI=1S/C19H23N3O2/c1-14-6-5-7-15(2)19(14)24-13-18(23)21-20-12-16-8-10-17(11-9-16)22(3)4/h5-12H,13H2,1-4H3,(H,21,23). The molecule has 2 aromatic rings. The molecule has 5 heteroatoms. The molecule has 0 aromatic heterocycles. The molecule has 2 aromatic carbocycles. The van der Waals surface area contributed by atoms with Crippen molar-refractivity contribution < 1.29 is 9.53 Å². The largest absolute Gasteiger partial charge is 0.483 e. The lowest BCUT2D eigenvalue weighted by Crippen LogP contribution is -2.25. The second-order valence-electron chi connectivity index (χ2n) is 5.79. The highest BCUT2D eigenvalue weighted by molar-refractivity contribution is 5.83. The number of rotatable bonds is 6. The van der Waals surface area contributed by atoms with Crippen molar-refractivity contribution in [2.75, 3.05) is 25.6 Å². The number of hydrogen-bond donors (Lipinski definition) is 1. The van der Waals surface area contributed by atoms with E-state index >= 15 is 0 Å². The average Bonchev–Trinajstić information content (AvgIpc) is 2.55. The van der Waals surface area contributed by atoms with Crippen LogP contribution in [0.15, 0.2) is 47.6 Å². The van der Waals surface area contributed by atoms with Crippen LogP contribution in [0.1, 0.15) is 16.7 Å². The molecule has 0 aliphatic carbocycles. The van der Waals surface area contributed by atoms with Gasteiger partial charge in [0.25, 0.3) is 5.91 Å². The molecule has 0 saturated carbocycles. The zero-order chi connectivity index (χ0) is 17.5. The van der Waals surface area contributed by atoms with Crippen molar-refractivity contribution in [1.82, 2.24) is 5.43 Å². The van der Waals surface area contributed by atoms with Crippen LogP contribution in [0.4, 0.5) is 5.69 Å². The van der Waals surface area contributed by atoms with E-state index in [1.54, 1.807) is 6.21 Å². The molecule has 0 fully saturated rings. The Labute approximate surface area is 142 Å². The lowest BCUT2D eigenvalue weighted by atomic mass is 10.1. The van der Waals surface area contributed by atoms with E-state index < -0.39 is 0 Å². The zero-order valence-electron chi connectivity index (χ0n) is 14.5. The predicted molar refractivity (Wildman–Crippen MR) is 97.9 cm³/mol. The first-order chi connectivity index (χ1) is 11.5. The molecule has 126 valence electrons. The summed E-state index contributed by atoms with van der Waals surface area (Å²) in [7, 11) is 3.97. The van der Waals surface area contributed by atoms with Crippen molar-refractivity contribution in [3.63, 3.8) is 0 Å². The van der Waals surface area contributed by atoms with Crippen LogP contribution in [0.25, 0.3) is 0 Å². The van der Waals surface area contributed by atoms with Crippen molar-refractivity contribution in [1.29, 1.82) is 0 Å². The van der Waals surface area contributed by atoms with Crippen molar-refractivity contribution >= 4 is 17.8 Å². The molecule has 0 radical (unpaired) electrons. The third-order valence-electron chi connectivity index (χ3n) is 3.57. The van der Waals surface area contributed by atoms with Gasteiger partial charge in [0.2, 0.25) is 0 Å². The summed E-state index contributed by atoms with van der Waals surface area (Å²) in [5.41, 5.74) is 6.51. The number of ether oxygens (including phenoxy) is 1. The maximum absolute atomic E-state index is 11.8. The fraction of sp³-hybridized carbons (Fsp3) is 0.263. The Bertz CT molecular complexity index is 702. The second kappa shape index (κ2) is 8.15. The van der Waals surface area contributed by atoms with Crippen LogP contribution < -0.4 is 15.1 Å². The SMILES string of the molecule is Cc1cccc(C)c1OCC(=O)NN=Cc1ccc(N(C)C)cc1. The third kappa shape index (κ3) is 4.84. The van der Waals surface area contributed by atoms with Crippen LogP contribution in [0.2, 0.25) is 0 Å².